The van der Waals surface area contributed by atoms with E-state index in [2.05, 4.69) is 4.90 Å². The van der Waals surface area contributed by atoms with Crippen molar-refractivity contribution in [3.63, 3.8) is 0 Å². The highest BCUT2D eigenvalue weighted by Crippen LogP contribution is 2.14. The van der Waals surface area contributed by atoms with Crippen molar-refractivity contribution >= 4 is 17.4 Å². The first kappa shape index (κ1) is 17.2. The lowest BCUT2D eigenvalue weighted by molar-refractivity contribution is -0.131. The maximum Gasteiger partial charge on any atom is 0.246 e. The summed E-state index contributed by atoms with van der Waals surface area (Å²) in [6.07, 6.45) is 1.70. The van der Waals surface area contributed by atoms with Crippen LogP contribution in [0.1, 0.15) is 12.5 Å². The van der Waals surface area contributed by atoms with Gasteiger partial charge in [0.2, 0.25) is 11.8 Å². The fourth-order valence-electron chi connectivity index (χ4n) is 2.52. The van der Waals surface area contributed by atoms with Crippen LogP contribution in [0.25, 0.3) is 5.57 Å². The first-order valence-corrected chi connectivity index (χ1v) is 7.92. The normalized spacial score (nSPS) is 16.3. The minimum absolute atomic E-state index is 0.0462. The zero-order valence-corrected chi connectivity index (χ0v) is 14.2. The van der Waals surface area contributed by atoms with Crippen LogP contribution < -0.4 is 0 Å². The standard InChI is InChI=1S/C18H25N3O2/c1-15(16-7-5-4-6-8-16)13-17(22)21-11-9-20(10-12-21)14-18(23)19(2)3/h4-8,13H,9-12,14H2,1-3H3/b15-13+. The SMILES string of the molecule is C/C(=C\C(=O)N1CCN(CC(=O)N(C)C)CC1)c1ccccc1. The lowest BCUT2D eigenvalue weighted by Gasteiger charge is -2.34. The van der Waals surface area contributed by atoms with Crippen molar-refractivity contribution in [3.05, 3.63) is 42.0 Å². The van der Waals surface area contributed by atoms with Crippen molar-refractivity contribution in [3.8, 4) is 0 Å². The van der Waals surface area contributed by atoms with E-state index in [1.54, 1.807) is 25.1 Å². The summed E-state index contributed by atoms with van der Waals surface area (Å²) in [5.74, 6) is 0.148. The second kappa shape index (κ2) is 7.92. The topological polar surface area (TPSA) is 43.9 Å². The quantitative estimate of drug-likeness (QED) is 0.787. The average Bonchev–Trinajstić information content (AvgIpc) is 2.56. The molecule has 0 bridgehead atoms. The van der Waals surface area contributed by atoms with Gasteiger partial charge in [-0.1, -0.05) is 30.3 Å². The molecule has 0 saturated carbocycles. The zero-order chi connectivity index (χ0) is 16.8. The van der Waals surface area contributed by atoms with Crippen molar-refractivity contribution in [2.24, 2.45) is 0 Å². The summed E-state index contributed by atoms with van der Waals surface area (Å²) in [5, 5.41) is 0. The van der Waals surface area contributed by atoms with Crippen LogP contribution in [0.2, 0.25) is 0 Å². The third-order valence-electron chi connectivity index (χ3n) is 4.11. The van der Waals surface area contributed by atoms with Gasteiger partial charge >= 0.3 is 0 Å². The Hall–Kier alpha value is -2.14. The van der Waals surface area contributed by atoms with E-state index in [1.807, 2.05) is 42.2 Å². The van der Waals surface area contributed by atoms with Crippen LogP contribution in [0, 0.1) is 0 Å². The van der Waals surface area contributed by atoms with Gasteiger partial charge in [0.25, 0.3) is 0 Å². The lowest BCUT2D eigenvalue weighted by atomic mass is 10.1. The Labute approximate surface area is 138 Å². The van der Waals surface area contributed by atoms with Gasteiger partial charge in [-0.15, -0.1) is 0 Å². The summed E-state index contributed by atoms with van der Waals surface area (Å²) >= 11 is 0. The van der Waals surface area contributed by atoms with E-state index in [4.69, 9.17) is 0 Å². The van der Waals surface area contributed by atoms with Crippen LogP contribution in [-0.4, -0.2) is 73.3 Å². The second-order valence-corrected chi connectivity index (χ2v) is 6.08. The van der Waals surface area contributed by atoms with Crippen LogP contribution >= 0.6 is 0 Å². The van der Waals surface area contributed by atoms with Crippen molar-refractivity contribution < 1.29 is 9.59 Å². The Bertz CT molecular complexity index is 573. The molecule has 1 aliphatic rings. The van der Waals surface area contributed by atoms with E-state index in [-0.39, 0.29) is 11.8 Å². The predicted molar refractivity (Wildman–Crippen MR) is 91.8 cm³/mol. The van der Waals surface area contributed by atoms with E-state index in [0.717, 1.165) is 24.2 Å². The van der Waals surface area contributed by atoms with Gasteiger partial charge in [0.15, 0.2) is 0 Å². The highest BCUT2D eigenvalue weighted by atomic mass is 16.2. The third-order valence-corrected chi connectivity index (χ3v) is 4.11. The van der Waals surface area contributed by atoms with Gasteiger partial charge in [-0.05, 0) is 18.1 Å². The van der Waals surface area contributed by atoms with Gasteiger partial charge in [-0.25, -0.2) is 0 Å². The van der Waals surface area contributed by atoms with Gasteiger partial charge in [0.1, 0.15) is 0 Å². The molecule has 23 heavy (non-hydrogen) atoms. The Morgan fingerprint density at radius 1 is 1.09 bits per heavy atom. The van der Waals surface area contributed by atoms with E-state index in [0.29, 0.717) is 19.6 Å². The fourth-order valence-corrected chi connectivity index (χ4v) is 2.52. The Kier molecular flexibility index (Phi) is 5.93. The van der Waals surface area contributed by atoms with Crippen LogP contribution in [0.3, 0.4) is 0 Å². The van der Waals surface area contributed by atoms with Crippen LogP contribution in [0.4, 0.5) is 0 Å². The number of hydrogen-bond acceptors (Lipinski definition) is 3. The Morgan fingerprint density at radius 2 is 1.70 bits per heavy atom. The molecule has 1 aromatic rings. The number of hydrogen-bond donors (Lipinski definition) is 0. The molecule has 2 rings (SSSR count). The minimum atomic E-state index is 0.0462. The van der Waals surface area contributed by atoms with E-state index < -0.39 is 0 Å². The number of amides is 2. The maximum absolute atomic E-state index is 12.4. The number of allylic oxidation sites excluding steroid dienone is 1. The summed E-state index contributed by atoms with van der Waals surface area (Å²) in [6, 6.07) is 9.91. The molecule has 1 heterocycles. The zero-order valence-electron chi connectivity index (χ0n) is 14.2. The van der Waals surface area contributed by atoms with Crippen LogP contribution in [-0.2, 0) is 9.59 Å². The molecule has 124 valence electrons. The Morgan fingerprint density at radius 3 is 2.26 bits per heavy atom. The maximum atomic E-state index is 12.4. The van der Waals surface area contributed by atoms with Crippen molar-refractivity contribution in [2.75, 3.05) is 46.8 Å². The number of carbonyl (C=O) groups is 2. The predicted octanol–water partition coefficient (Wildman–Crippen LogP) is 1.32. The molecule has 0 unspecified atom stereocenters. The van der Waals surface area contributed by atoms with Gasteiger partial charge in [0, 0.05) is 46.4 Å². The van der Waals surface area contributed by atoms with Gasteiger partial charge in [-0.3, -0.25) is 14.5 Å². The van der Waals surface area contributed by atoms with E-state index >= 15 is 0 Å². The molecule has 2 amide bonds. The first-order valence-electron chi connectivity index (χ1n) is 7.92. The second-order valence-electron chi connectivity index (χ2n) is 6.08. The molecular weight excluding hydrogens is 290 g/mol. The highest BCUT2D eigenvalue weighted by Gasteiger charge is 2.21. The van der Waals surface area contributed by atoms with Crippen molar-refractivity contribution in [2.45, 2.75) is 6.92 Å². The Balaban J connectivity index is 1.87. The number of likely N-dealkylation sites (N-methyl/N-ethyl adjacent to an activating group) is 1. The van der Waals surface area contributed by atoms with Crippen molar-refractivity contribution in [1.29, 1.82) is 0 Å². The summed E-state index contributed by atoms with van der Waals surface area (Å²) in [6.45, 7) is 5.19. The number of benzene rings is 1. The van der Waals surface area contributed by atoms with Gasteiger partial charge < -0.3 is 9.80 Å². The molecule has 0 aromatic heterocycles. The average molecular weight is 315 g/mol. The largest absolute Gasteiger partial charge is 0.348 e. The molecule has 0 atom stereocenters. The summed E-state index contributed by atoms with van der Waals surface area (Å²) in [4.78, 5) is 29.6. The number of piperazine rings is 1. The van der Waals surface area contributed by atoms with Gasteiger partial charge in [-0.2, -0.15) is 0 Å². The molecule has 0 aliphatic carbocycles. The first-order chi connectivity index (χ1) is 11.0. The summed E-state index contributed by atoms with van der Waals surface area (Å²) < 4.78 is 0. The summed E-state index contributed by atoms with van der Waals surface area (Å²) in [5.41, 5.74) is 2.04. The molecule has 5 heteroatoms. The molecule has 1 fully saturated rings. The number of carbonyl (C=O) groups excluding carboxylic acids is 2. The molecule has 0 spiro atoms. The smallest absolute Gasteiger partial charge is 0.246 e. The minimum Gasteiger partial charge on any atom is -0.348 e. The van der Waals surface area contributed by atoms with E-state index in [1.165, 1.54) is 0 Å². The third kappa shape index (κ3) is 4.93. The molecule has 1 aromatic carbocycles. The molecule has 1 saturated heterocycles. The number of nitrogens with zero attached hydrogens (tertiary/aromatic N) is 3. The monoisotopic (exact) mass is 315 g/mol. The van der Waals surface area contributed by atoms with Crippen LogP contribution in [0.15, 0.2) is 36.4 Å². The fraction of sp³-hybridized carbons (Fsp3) is 0.444. The highest BCUT2D eigenvalue weighted by molar-refractivity contribution is 5.94. The van der Waals surface area contributed by atoms with E-state index in [9.17, 15) is 9.59 Å². The molecule has 1 aliphatic heterocycles. The number of rotatable bonds is 4. The van der Waals surface area contributed by atoms with Crippen molar-refractivity contribution in [1.82, 2.24) is 14.7 Å². The lowest BCUT2D eigenvalue weighted by Crippen LogP contribution is -2.50. The van der Waals surface area contributed by atoms with Gasteiger partial charge in [0.05, 0.1) is 6.54 Å². The van der Waals surface area contributed by atoms with Crippen LogP contribution in [0.5, 0.6) is 0 Å². The molecule has 0 N–H and O–H groups in total. The molecule has 0 radical (unpaired) electrons. The summed E-state index contributed by atoms with van der Waals surface area (Å²) in [7, 11) is 3.53. The molecular formula is C18H25N3O2. The molecule has 5 nitrogen and oxygen atoms in total.